The van der Waals surface area contributed by atoms with Gasteiger partial charge in [0.15, 0.2) is 0 Å². The van der Waals surface area contributed by atoms with Gasteiger partial charge < -0.3 is 10.3 Å². The molecule has 0 bridgehead atoms. The van der Waals surface area contributed by atoms with Crippen molar-refractivity contribution < 1.29 is 0 Å². The molecule has 0 saturated heterocycles. The van der Waals surface area contributed by atoms with Crippen LogP contribution in [-0.2, 0) is 6.54 Å². The molecule has 0 aliphatic heterocycles. The Morgan fingerprint density at radius 1 is 1.18 bits per heavy atom. The maximum Gasteiger partial charge on any atom is 0.145 e. The third-order valence-corrected chi connectivity index (χ3v) is 3.35. The van der Waals surface area contributed by atoms with E-state index in [0.717, 1.165) is 22.6 Å². The molecular formula is C17H15N5. The smallest absolute Gasteiger partial charge is 0.145 e. The molecule has 3 aromatic rings. The second-order valence-electron chi connectivity index (χ2n) is 4.94. The van der Waals surface area contributed by atoms with E-state index in [1.54, 1.807) is 0 Å². The first-order valence-corrected chi connectivity index (χ1v) is 6.97. The standard InChI is InChI=1S/C17H15N5/c1-12-7-8-16(21-14(12)9-18)20-11-17-19-10-15(22-17)13-5-3-2-4-6-13/h2-8,10H,11H2,1H3,(H,19,22)(H,20,21). The number of aromatic nitrogens is 3. The van der Waals surface area contributed by atoms with Crippen molar-refractivity contribution in [2.75, 3.05) is 5.32 Å². The fourth-order valence-corrected chi connectivity index (χ4v) is 2.13. The number of hydrogen-bond donors (Lipinski definition) is 2. The van der Waals surface area contributed by atoms with Gasteiger partial charge in [-0.1, -0.05) is 36.4 Å². The number of rotatable bonds is 4. The molecule has 2 heterocycles. The van der Waals surface area contributed by atoms with E-state index >= 15 is 0 Å². The molecule has 0 spiro atoms. The van der Waals surface area contributed by atoms with Gasteiger partial charge in [0.1, 0.15) is 23.4 Å². The van der Waals surface area contributed by atoms with Crippen LogP contribution in [0.15, 0.2) is 48.7 Å². The van der Waals surface area contributed by atoms with Crippen molar-refractivity contribution in [3.63, 3.8) is 0 Å². The van der Waals surface area contributed by atoms with E-state index in [1.807, 2.05) is 55.6 Å². The Bertz CT molecular complexity index is 815. The summed E-state index contributed by atoms with van der Waals surface area (Å²) in [4.78, 5) is 11.9. The predicted molar refractivity (Wildman–Crippen MR) is 85.0 cm³/mol. The largest absolute Gasteiger partial charge is 0.363 e. The molecule has 0 aliphatic carbocycles. The lowest BCUT2D eigenvalue weighted by Gasteiger charge is -2.05. The van der Waals surface area contributed by atoms with Gasteiger partial charge in [0.2, 0.25) is 0 Å². The molecule has 1 aromatic carbocycles. The van der Waals surface area contributed by atoms with E-state index in [9.17, 15) is 0 Å². The average Bonchev–Trinajstić information content (AvgIpc) is 3.04. The normalized spacial score (nSPS) is 10.2. The highest BCUT2D eigenvalue weighted by Gasteiger charge is 2.04. The number of hydrogen-bond acceptors (Lipinski definition) is 4. The Morgan fingerprint density at radius 2 is 2.00 bits per heavy atom. The minimum absolute atomic E-state index is 0.439. The summed E-state index contributed by atoms with van der Waals surface area (Å²) in [7, 11) is 0. The zero-order valence-corrected chi connectivity index (χ0v) is 12.2. The average molecular weight is 289 g/mol. The van der Waals surface area contributed by atoms with Crippen LogP contribution in [0.2, 0.25) is 0 Å². The first-order valence-electron chi connectivity index (χ1n) is 6.97. The lowest BCUT2D eigenvalue weighted by Crippen LogP contribution is -2.04. The van der Waals surface area contributed by atoms with Crippen LogP contribution in [0.4, 0.5) is 5.82 Å². The fraction of sp³-hybridized carbons (Fsp3) is 0.118. The van der Waals surface area contributed by atoms with Crippen molar-refractivity contribution in [2.24, 2.45) is 0 Å². The predicted octanol–water partition coefficient (Wildman–Crippen LogP) is 3.26. The van der Waals surface area contributed by atoms with Crippen LogP contribution in [0.25, 0.3) is 11.3 Å². The molecular weight excluding hydrogens is 274 g/mol. The molecule has 0 saturated carbocycles. The van der Waals surface area contributed by atoms with Crippen molar-refractivity contribution in [3.8, 4) is 17.3 Å². The lowest BCUT2D eigenvalue weighted by atomic mass is 10.2. The van der Waals surface area contributed by atoms with E-state index < -0.39 is 0 Å². The summed E-state index contributed by atoms with van der Waals surface area (Å²) in [6.07, 6.45) is 1.82. The summed E-state index contributed by atoms with van der Waals surface area (Å²) in [5.41, 5.74) is 3.39. The highest BCUT2D eigenvalue weighted by Crippen LogP contribution is 2.16. The molecule has 22 heavy (non-hydrogen) atoms. The summed E-state index contributed by atoms with van der Waals surface area (Å²) >= 11 is 0. The molecule has 0 radical (unpaired) electrons. The quantitative estimate of drug-likeness (QED) is 0.772. The van der Waals surface area contributed by atoms with E-state index in [2.05, 4.69) is 26.3 Å². The Hall–Kier alpha value is -3.13. The number of H-pyrrole nitrogens is 1. The molecule has 0 aliphatic rings. The summed E-state index contributed by atoms with van der Waals surface area (Å²) in [5, 5.41) is 12.2. The van der Waals surface area contributed by atoms with E-state index in [4.69, 9.17) is 5.26 Å². The Labute approximate surface area is 128 Å². The number of aryl methyl sites for hydroxylation is 1. The minimum atomic E-state index is 0.439. The Kier molecular flexibility index (Phi) is 3.84. The summed E-state index contributed by atoms with van der Waals surface area (Å²) in [6, 6.07) is 15.9. The van der Waals surface area contributed by atoms with Crippen LogP contribution in [0.3, 0.4) is 0 Å². The number of pyridine rings is 1. The molecule has 108 valence electrons. The van der Waals surface area contributed by atoms with Crippen LogP contribution in [-0.4, -0.2) is 15.0 Å². The Balaban J connectivity index is 1.70. The monoisotopic (exact) mass is 289 g/mol. The van der Waals surface area contributed by atoms with Gasteiger partial charge >= 0.3 is 0 Å². The molecule has 5 heteroatoms. The van der Waals surface area contributed by atoms with Gasteiger partial charge in [0.25, 0.3) is 0 Å². The molecule has 3 rings (SSSR count). The van der Waals surface area contributed by atoms with Crippen molar-refractivity contribution in [1.29, 1.82) is 5.26 Å². The van der Waals surface area contributed by atoms with Gasteiger partial charge in [-0.2, -0.15) is 5.26 Å². The molecule has 0 amide bonds. The number of aromatic amines is 1. The maximum absolute atomic E-state index is 9.00. The number of imidazole rings is 1. The van der Waals surface area contributed by atoms with Crippen molar-refractivity contribution in [2.45, 2.75) is 13.5 Å². The number of nitrogens with one attached hydrogen (secondary N) is 2. The van der Waals surface area contributed by atoms with Gasteiger partial charge in [-0.15, -0.1) is 0 Å². The summed E-state index contributed by atoms with van der Waals surface area (Å²) in [6.45, 7) is 2.39. The van der Waals surface area contributed by atoms with Crippen molar-refractivity contribution >= 4 is 5.82 Å². The van der Waals surface area contributed by atoms with Gasteiger partial charge in [-0.05, 0) is 24.1 Å². The minimum Gasteiger partial charge on any atom is -0.363 e. The third-order valence-electron chi connectivity index (χ3n) is 3.35. The number of benzene rings is 1. The number of nitriles is 1. The topological polar surface area (TPSA) is 77.4 Å². The number of anilines is 1. The summed E-state index contributed by atoms with van der Waals surface area (Å²) < 4.78 is 0. The van der Waals surface area contributed by atoms with Crippen LogP contribution in [0, 0.1) is 18.3 Å². The highest BCUT2D eigenvalue weighted by atomic mass is 15.0. The lowest BCUT2D eigenvalue weighted by molar-refractivity contribution is 0.986. The van der Waals surface area contributed by atoms with Gasteiger partial charge in [0, 0.05) is 0 Å². The molecule has 0 atom stereocenters. The van der Waals surface area contributed by atoms with Gasteiger partial charge in [-0.3, -0.25) is 0 Å². The van der Waals surface area contributed by atoms with E-state index in [1.165, 1.54) is 0 Å². The van der Waals surface area contributed by atoms with Crippen LogP contribution >= 0.6 is 0 Å². The van der Waals surface area contributed by atoms with E-state index in [0.29, 0.717) is 18.1 Å². The zero-order valence-electron chi connectivity index (χ0n) is 12.2. The van der Waals surface area contributed by atoms with Crippen LogP contribution < -0.4 is 5.32 Å². The maximum atomic E-state index is 9.00. The first-order chi connectivity index (χ1) is 10.8. The van der Waals surface area contributed by atoms with Gasteiger partial charge in [-0.25, -0.2) is 9.97 Å². The molecule has 0 unspecified atom stereocenters. The van der Waals surface area contributed by atoms with Crippen LogP contribution in [0.1, 0.15) is 17.1 Å². The highest BCUT2D eigenvalue weighted by molar-refractivity contribution is 5.58. The number of nitrogens with zero attached hydrogens (tertiary/aromatic N) is 3. The summed E-state index contributed by atoms with van der Waals surface area (Å²) in [5.74, 6) is 1.49. The first kappa shape index (κ1) is 13.8. The zero-order chi connectivity index (χ0) is 15.4. The van der Waals surface area contributed by atoms with Crippen molar-refractivity contribution in [3.05, 3.63) is 65.7 Å². The third kappa shape index (κ3) is 2.96. The SMILES string of the molecule is Cc1ccc(NCc2ncc(-c3ccccc3)[nH]2)nc1C#N. The molecule has 5 nitrogen and oxygen atoms in total. The van der Waals surface area contributed by atoms with E-state index in [-0.39, 0.29) is 0 Å². The van der Waals surface area contributed by atoms with Crippen molar-refractivity contribution in [1.82, 2.24) is 15.0 Å². The molecule has 0 fully saturated rings. The molecule has 2 N–H and O–H groups in total. The second-order valence-corrected chi connectivity index (χ2v) is 4.94. The second kappa shape index (κ2) is 6.10. The molecule has 2 aromatic heterocycles. The fourth-order valence-electron chi connectivity index (χ4n) is 2.13. The van der Waals surface area contributed by atoms with Crippen LogP contribution in [0.5, 0.6) is 0 Å². The van der Waals surface area contributed by atoms with Gasteiger partial charge in [0.05, 0.1) is 18.4 Å². The Morgan fingerprint density at radius 3 is 2.77 bits per heavy atom.